The number of fused-ring (bicyclic) bond motifs is 3. The summed E-state index contributed by atoms with van der Waals surface area (Å²) in [5.41, 5.74) is 6.22. The maximum Gasteiger partial charge on any atom is 0.289 e. The van der Waals surface area contributed by atoms with Gasteiger partial charge in [-0.25, -0.2) is 0 Å². The first-order chi connectivity index (χ1) is 15.7. The third kappa shape index (κ3) is 5.76. The Balaban J connectivity index is 1.80. The Labute approximate surface area is 197 Å². The van der Waals surface area contributed by atoms with Crippen LogP contribution in [0.15, 0.2) is 0 Å². The first-order valence-electron chi connectivity index (χ1n) is 12.9. The third-order valence-electron chi connectivity index (χ3n) is 7.98. The zero-order valence-electron chi connectivity index (χ0n) is 20.5. The number of Topliss-reactive ketones (excluding diaryl/α,β-unsaturated/α-hetero) is 1. The molecule has 33 heavy (non-hydrogen) atoms. The van der Waals surface area contributed by atoms with Gasteiger partial charge in [-0.2, -0.15) is 0 Å². The molecule has 3 fully saturated rings. The SMILES string of the molecule is CCCNC(=O)C(=O)[C@@H]1CCCCCCCCC[C@H](N)C(=O)N2C[C@H]3[C@@H]([C@H]2C(=O)N1)C3(C)C. The molecule has 8 nitrogen and oxygen atoms in total. The van der Waals surface area contributed by atoms with Crippen molar-refractivity contribution < 1.29 is 19.2 Å². The minimum Gasteiger partial charge on any atom is -0.349 e. The molecular weight excluding hydrogens is 420 g/mol. The molecule has 3 aliphatic rings. The molecular formula is C25H42N4O4. The summed E-state index contributed by atoms with van der Waals surface area (Å²) in [4.78, 5) is 53.6. The molecule has 4 N–H and O–H groups in total. The van der Waals surface area contributed by atoms with Crippen LogP contribution in [0.25, 0.3) is 0 Å². The topological polar surface area (TPSA) is 122 Å². The number of hydrogen-bond acceptors (Lipinski definition) is 5. The molecule has 0 aromatic carbocycles. The van der Waals surface area contributed by atoms with E-state index in [0.717, 1.165) is 51.4 Å². The lowest BCUT2D eigenvalue weighted by Crippen LogP contribution is -2.57. The van der Waals surface area contributed by atoms with Gasteiger partial charge in [0.25, 0.3) is 5.91 Å². The maximum absolute atomic E-state index is 13.5. The van der Waals surface area contributed by atoms with Crippen LogP contribution in [0.2, 0.25) is 0 Å². The standard InChI is InChI=1S/C25H42N4O4/c1-4-14-27-23(32)21(30)18-13-11-9-7-5-6-8-10-12-17(26)24(33)29-15-16-19(25(16,2)3)20(29)22(31)28-18/h16-20H,4-15,26H2,1-3H3,(H,27,32)(H,28,31)/t16-,17-,18-,19-,20-/m0/s1. The lowest BCUT2D eigenvalue weighted by Gasteiger charge is -2.33. The van der Waals surface area contributed by atoms with Crippen LogP contribution in [0.4, 0.5) is 0 Å². The zero-order chi connectivity index (χ0) is 24.2. The first kappa shape index (κ1) is 25.7. The van der Waals surface area contributed by atoms with E-state index in [1.54, 1.807) is 4.90 Å². The molecule has 186 valence electrons. The fourth-order valence-electron chi connectivity index (χ4n) is 5.76. The van der Waals surface area contributed by atoms with E-state index in [0.29, 0.717) is 25.9 Å². The summed E-state index contributed by atoms with van der Waals surface area (Å²) in [5, 5.41) is 5.51. The number of carbonyl (C=O) groups is 4. The molecule has 1 saturated carbocycles. The van der Waals surface area contributed by atoms with Crippen molar-refractivity contribution in [3.63, 3.8) is 0 Å². The highest BCUT2D eigenvalue weighted by atomic mass is 16.2. The number of carbonyl (C=O) groups excluding carboxylic acids is 4. The van der Waals surface area contributed by atoms with Crippen LogP contribution in [0.1, 0.15) is 85.0 Å². The monoisotopic (exact) mass is 462 g/mol. The molecule has 0 aromatic heterocycles. The maximum atomic E-state index is 13.5. The number of hydrogen-bond donors (Lipinski definition) is 3. The van der Waals surface area contributed by atoms with Gasteiger partial charge >= 0.3 is 0 Å². The predicted octanol–water partition coefficient (Wildman–Crippen LogP) is 1.90. The zero-order valence-corrected chi connectivity index (χ0v) is 20.5. The van der Waals surface area contributed by atoms with Gasteiger partial charge < -0.3 is 21.3 Å². The van der Waals surface area contributed by atoms with Gasteiger partial charge in [-0.1, -0.05) is 65.7 Å². The van der Waals surface area contributed by atoms with E-state index in [-0.39, 0.29) is 29.1 Å². The average Bonchev–Trinajstić information content (AvgIpc) is 3.12. The highest BCUT2D eigenvalue weighted by molar-refractivity contribution is 6.38. The second-order valence-electron chi connectivity index (χ2n) is 10.7. The van der Waals surface area contributed by atoms with Crippen LogP contribution in [-0.2, 0) is 19.2 Å². The molecule has 3 amide bonds. The van der Waals surface area contributed by atoms with Crippen LogP contribution in [-0.4, -0.2) is 59.6 Å². The summed E-state index contributed by atoms with van der Waals surface area (Å²) >= 11 is 0. The second kappa shape index (κ2) is 11.0. The summed E-state index contributed by atoms with van der Waals surface area (Å²) in [5.74, 6) is -1.44. The van der Waals surface area contributed by atoms with Gasteiger partial charge in [0.2, 0.25) is 17.6 Å². The van der Waals surface area contributed by atoms with Crippen molar-refractivity contribution >= 4 is 23.5 Å². The van der Waals surface area contributed by atoms with Crippen molar-refractivity contribution in [2.75, 3.05) is 13.1 Å². The van der Waals surface area contributed by atoms with Gasteiger partial charge in [-0.15, -0.1) is 0 Å². The molecule has 1 aliphatic carbocycles. The lowest BCUT2D eigenvalue weighted by atomic mass is 9.97. The Morgan fingerprint density at radius 3 is 2.30 bits per heavy atom. The molecule has 0 aromatic rings. The smallest absolute Gasteiger partial charge is 0.289 e. The molecule has 2 aliphatic heterocycles. The van der Waals surface area contributed by atoms with E-state index >= 15 is 0 Å². The van der Waals surface area contributed by atoms with Crippen LogP contribution in [0, 0.1) is 17.3 Å². The Morgan fingerprint density at radius 1 is 1.06 bits per heavy atom. The van der Waals surface area contributed by atoms with Crippen molar-refractivity contribution in [1.82, 2.24) is 15.5 Å². The van der Waals surface area contributed by atoms with Crippen LogP contribution >= 0.6 is 0 Å². The number of amides is 3. The minimum atomic E-state index is -0.867. The van der Waals surface area contributed by atoms with Gasteiger partial charge in [0.15, 0.2) is 0 Å². The van der Waals surface area contributed by atoms with Gasteiger partial charge in [-0.05, 0) is 36.5 Å². The Morgan fingerprint density at radius 2 is 1.67 bits per heavy atom. The van der Waals surface area contributed by atoms with Gasteiger partial charge in [0.1, 0.15) is 6.04 Å². The Kier molecular flexibility index (Phi) is 8.54. The molecule has 8 heteroatoms. The second-order valence-corrected chi connectivity index (χ2v) is 10.7. The van der Waals surface area contributed by atoms with E-state index in [2.05, 4.69) is 24.5 Å². The minimum absolute atomic E-state index is 0.0261. The average molecular weight is 463 g/mol. The molecule has 0 bridgehead atoms. The number of nitrogens with zero attached hydrogens (tertiary/aromatic N) is 1. The van der Waals surface area contributed by atoms with Crippen LogP contribution in [0.3, 0.4) is 0 Å². The normalized spacial score (nSPS) is 33.0. The predicted molar refractivity (Wildman–Crippen MR) is 126 cm³/mol. The van der Waals surface area contributed by atoms with Gasteiger partial charge in [-0.3, -0.25) is 19.2 Å². The van der Waals surface area contributed by atoms with Crippen molar-refractivity contribution in [3.05, 3.63) is 0 Å². The number of nitrogens with two attached hydrogens (primary N) is 1. The molecule has 2 heterocycles. The summed E-state index contributed by atoms with van der Waals surface area (Å²) in [6.45, 7) is 7.11. The number of ketones is 1. The molecule has 0 spiro atoms. The number of piperidine rings is 1. The quantitative estimate of drug-likeness (QED) is 0.551. The number of nitrogens with one attached hydrogen (secondary N) is 2. The van der Waals surface area contributed by atoms with E-state index in [1.165, 1.54) is 0 Å². The van der Waals surface area contributed by atoms with E-state index in [1.807, 2.05) is 6.92 Å². The van der Waals surface area contributed by atoms with Crippen LogP contribution < -0.4 is 16.4 Å². The van der Waals surface area contributed by atoms with Gasteiger partial charge in [0.05, 0.1) is 12.1 Å². The Hall–Kier alpha value is -1.96. The summed E-state index contributed by atoms with van der Waals surface area (Å²) < 4.78 is 0. The lowest BCUT2D eigenvalue weighted by molar-refractivity contribution is -0.144. The molecule has 3 rings (SSSR count). The fraction of sp³-hybridized carbons (Fsp3) is 0.840. The first-order valence-corrected chi connectivity index (χ1v) is 12.9. The Bertz CT molecular complexity index is 753. The summed E-state index contributed by atoms with van der Waals surface area (Å²) in [7, 11) is 0. The third-order valence-corrected chi connectivity index (χ3v) is 7.98. The highest BCUT2D eigenvalue weighted by Crippen LogP contribution is 2.64. The van der Waals surface area contributed by atoms with Crippen molar-refractivity contribution in [2.24, 2.45) is 23.0 Å². The van der Waals surface area contributed by atoms with Gasteiger partial charge in [0, 0.05) is 13.1 Å². The number of rotatable bonds is 4. The summed E-state index contributed by atoms with van der Waals surface area (Å²) in [6.07, 6.45) is 8.73. The molecule has 0 radical (unpaired) electrons. The van der Waals surface area contributed by atoms with Crippen molar-refractivity contribution in [3.8, 4) is 0 Å². The van der Waals surface area contributed by atoms with E-state index in [9.17, 15) is 19.2 Å². The fourth-order valence-corrected chi connectivity index (χ4v) is 5.76. The van der Waals surface area contributed by atoms with Crippen LogP contribution in [0.5, 0.6) is 0 Å². The molecule has 2 saturated heterocycles. The summed E-state index contributed by atoms with van der Waals surface area (Å²) in [6, 6.07) is -2.11. The molecule has 0 unspecified atom stereocenters. The highest BCUT2D eigenvalue weighted by Gasteiger charge is 2.69. The molecule has 5 atom stereocenters. The van der Waals surface area contributed by atoms with E-state index < -0.39 is 29.8 Å². The van der Waals surface area contributed by atoms with E-state index in [4.69, 9.17) is 5.73 Å². The van der Waals surface area contributed by atoms with Crippen molar-refractivity contribution in [1.29, 1.82) is 0 Å². The van der Waals surface area contributed by atoms with Crippen molar-refractivity contribution in [2.45, 2.75) is 103 Å². The largest absolute Gasteiger partial charge is 0.349 e.